The lowest BCUT2D eigenvalue weighted by atomic mass is 10.1. The minimum Gasteiger partial charge on any atom is -0.464 e. The molecule has 1 unspecified atom stereocenters. The first-order chi connectivity index (χ1) is 10.7. The van der Waals surface area contributed by atoms with Crippen LogP contribution >= 0.6 is 11.3 Å². The minimum atomic E-state index is -0.340. The van der Waals surface area contributed by atoms with Crippen molar-refractivity contribution in [1.29, 1.82) is 0 Å². The highest BCUT2D eigenvalue weighted by molar-refractivity contribution is 7.11. The number of carbonyl (C=O) groups is 1. The molecule has 120 valence electrons. The largest absolute Gasteiger partial charge is 0.464 e. The molecule has 2 aliphatic rings. The summed E-state index contributed by atoms with van der Waals surface area (Å²) >= 11 is 1.62. The standard InChI is InChI=1S/C16H22N2O3S/c1-11-14(16(19)20-2)17-15(22-11)13-6-3-7-18(13)9-12-5-4-8-21-10-12/h5,13H,3-4,6-10H2,1-2H3. The van der Waals surface area contributed by atoms with Gasteiger partial charge in [0.2, 0.25) is 0 Å². The molecular formula is C16H22N2O3S. The predicted molar refractivity (Wildman–Crippen MR) is 85.3 cm³/mol. The van der Waals surface area contributed by atoms with Gasteiger partial charge in [0.1, 0.15) is 5.01 Å². The molecule has 3 heterocycles. The smallest absolute Gasteiger partial charge is 0.357 e. The van der Waals surface area contributed by atoms with Gasteiger partial charge >= 0.3 is 5.97 Å². The van der Waals surface area contributed by atoms with E-state index in [4.69, 9.17) is 9.47 Å². The number of ether oxygens (including phenoxy) is 2. The van der Waals surface area contributed by atoms with E-state index in [9.17, 15) is 4.79 Å². The fraction of sp³-hybridized carbons (Fsp3) is 0.625. The Bertz CT molecular complexity index is 582. The fourth-order valence-corrected chi connectivity index (χ4v) is 4.20. The number of carbonyl (C=O) groups excluding carboxylic acids is 1. The lowest BCUT2D eigenvalue weighted by Crippen LogP contribution is -2.28. The van der Waals surface area contributed by atoms with E-state index >= 15 is 0 Å². The Balaban J connectivity index is 1.75. The van der Waals surface area contributed by atoms with Crippen molar-refractivity contribution in [2.45, 2.75) is 32.2 Å². The molecule has 0 aromatic carbocycles. The molecule has 1 saturated heterocycles. The zero-order valence-electron chi connectivity index (χ0n) is 13.1. The highest BCUT2D eigenvalue weighted by Crippen LogP contribution is 2.36. The van der Waals surface area contributed by atoms with Gasteiger partial charge in [-0.1, -0.05) is 6.08 Å². The second kappa shape index (κ2) is 6.89. The van der Waals surface area contributed by atoms with E-state index in [1.54, 1.807) is 11.3 Å². The summed E-state index contributed by atoms with van der Waals surface area (Å²) in [6.45, 7) is 5.53. The maximum atomic E-state index is 11.7. The molecule has 0 saturated carbocycles. The molecule has 1 aromatic heterocycles. The molecule has 0 bridgehead atoms. The Labute approximate surface area is 134 Å². The monoisotopic (exact) mass is 322 g/mol. The Hall–Kier alpha value is -1.24. The van der Waals surface area contributed by atoms with Gasteiger partial charge in [-0.25, -0.2) is 9.78 Å². The third-order valence-corrected chi connectivity index (χ3v) is 5.30. The molecule has 5 nitrogen and oxygen atoms in total. The van der Waals surface area contributed by atoms with Crippen LogP contribution in [0.15, 0.2) is 11.6 Å². The summed E-state index contributed by atoms with van der Waals surface area (Å²) in [4.78, 5) is 19.7. The minimum absolute atomic E-state index is 0.310. The van der Waals surface area contributed by atoms with Gasteiger partial charge in [0.15, 0.2) is 5.69 Å². The number of likely N-dealkylation sites (tertiary alicyclic amines) is 1. The molecule has 1 fully saturated rings. The van der Waals surface area contributed by atoms with E-state index in [2.05, 4.69) is 16.0 Å². The third-order valence-electron chi connectivity index (χ3n) is 4.23. The number of aromatic nitrogens is 1. The van der Waals surface area contributed by atoms with Crippen LogP contribution in [0, 0.1) is 6.92 Å². The Morgan fingerprint density at radius 2 is 2.45 bits per heavy atom. The molecule has 3 rings (SSSR count). The zero-order valence-corrected chi connectivity index (χ0v) is 13.9. The van der Waals surface area contributed by atoms with Crippen LogP contribution in [0.5, 0.6) is 0 Å². The van der Waals surface area contributed by atoms with E-state index in [1.165, 1.54) is 19.1 Å². The van der Waals surface area contributed by atoms with Crippen LogP contribution in [0.25, 0.3) is 0 Å². The van der Waals surface area contributed by atoms with Crippen LogP contribution in [0.1, 0.15) is 45.7 Å². The number of aryl methyl sites for hydroxylation is 1. The molecule has 22 heavy (non-hydrogen) atoms. The molecule has 0 spiro atoms. The first kappa shape index (κ1) is 15.6. The van der Waals surface area contributed by atoms with Gasteiger partial charge < -0.3 is 9.47 Å². The second-order valence-electron chi connectivity index (χ2n) is 5.78. The number of esters is 1. The number of hydrogen-bond donors (Lipinski definition) is 0. The summed E-state index contributed by atoms with van der Waals surface area (Å²) in [5.41, 5.74) is 1.83. The lowest BCUT2D eigenvalue weighted by Gasteiger charge is -2.25. The predicted octanol–water partition coefficient (Wildman–Crippen LogP) is 2.72. The van der Waals surface area contributed by atoms with E-state index in [-0.39, 0.29) is 5.97 Å². The highest BCUT2D eigenvalue weighted by atomic mass is 32.1. The number of methoxy groups -OCH3 is 1. The molecule has 0 amide bonds. The Morgan fingerprint density at radius 3 is 3.18 bits per heavy atom. The van der Waals surface area contributed by atoms with E-state index in [0.717, 1.165) is 49.0 Å². The zero-order chi connectivity index (χ0) is 15.5. The van der Waals surface area contributed by atoms with Gasteiger partial charge in [-0.2, -0.15) is 0 Å². The van der Waals surface area contributed by atoms with E-state index in [0.29, 0.717) is 11.7 Å². The van der Waals surface area contributed by atoms with Crippen molar-refractivity contribution in [2.24, 2.45) is 0 Å². The summed E-state index contributed by atoms with van der Waals surface area (Å²) in [6, 6.07) is 0.310. The van der Waals surface area contributed by atoms with Crippen LogP contribution in [0.2, 0.25) is 0 Å². The van der Waals surface area contributed by atoms with Gasteiger partial charge in [-0.15, -0.1) is 11.3 Å². The third kappa shape index (κ3) is 3.24. The Kier molecular flexibility index (Phi) is 4.90. The average Bonchev–Trinajstić information content (AvgIpc) is 3.14. The van der Waals surface area contributed by atoms with Crippen LogP contribution in [-0.2, 0) is 9.47 Å². The summed E-state index contributed by atoms with van der Waals surface area (Å²) < 4.78 is 10.3. The summed E-state index contributed by atoms with van der Waals surface area (Å²) in [5.74, 6) is -0.340. The van der Waals surface area contributed by atoms with Gasteiger partial charge in [-0.3, -0.25) is 4.90 Å². The van der Waals surface area contributed by atoms with Crippen LogP contribution < -0.4 is 0 Å². The maximum Gasteiger partial charge on any atom is 0.357 e. The summed E-state index contributed by atoms with van der Waals surface area (Å²) in [6.07, 6.45) is 5.58. The summed E-state index contributed by atoms with van der Waals surface area (Å²) in [5, 5.41) is 1.03. The second-order valence-corrected chi connectivity index (χ2v) is 7.02. The molecule has 0 radical (unpaired) electrons. The van der Waals surface area contributed by atoms with Crippen LogP contribution in [0.4, 0.5) is 0 Å². The number of rotatable bonds is 4. The van der Waals surface area contributed by atoms with Crippen molar-refractivity contribution in [3.05, 3.63) is 27.2 Å². The molecule has 1 aromatic rings. The van der Waals surface area contributed by atoms with Crippen molar-refractivity contribution >= 4 is 17.3 Å². The van der Waals surface area contributed by atoms with Gasteiger partial charge in [0, 0.05) is 11.4 Å². The first-order valence-corrected chi connectivity index (χ1v) is 8.56. The van der Waals surface area contributed by atoms with Crippen molar-refractivity contribution in [3.63, 3.8) is 0 Å². The van der Waals surface area contributed by atoms with Crippen molar-refractivity contribution in [1.82, 2.24) is 9.88 Å². The van der Waals surface area contributed by atoms with Crippen LogP contribution in [-0.4, -0.2) is 49.3 Å². The number of nitrogens with zero attached hydrogens (tertiary/aromatic N) is 2. The molecule has 2 aliphatic heterocycles. The van der Waals surface area contributed by atoms with Crippen molar-refractivity contribution < 1.29 is 14.3 Å². The maximum absolute atomic E-state index is 11.7. The van der Waals surface area contributed by atoms with E-state index in [1.807, 2.05) is 6.92 Å². The van der Waals surface area contributed by atoms with Gasteiger partial charge in [0.05, 0.1) is 26.4 Å². The molecule has 1 atom stereocenters. The first-order valence-electron chi connectivity index (χ1n) is 7.74. The molecule has 0 N–H and O–H groups in total. The average molecular weight is 322 g/mol. The van der Waals surface area contributed by atoms with E-state index < -0.39 is 0 Å². The van der Waals surface area contributed by atoms with Gasteiger partial charge in [0.25, 0.3) is 0 Å². The number of thiazole rings is 1. The summed E-state index contributed by atoms with van der Waals surface area (Å²) in [7, 11) is 1.40. The Morgan fingerprint density at radius 1 is 1.59 bits per heavy atom. The molecule has 6 heteroatoms. The normalized spacial score (nSPS) is 22.6. The lowest BCUT2D eigenvalue weighted by molar-refractivity contribution is 0.0593. The molecule has 0 aliphatic carbocycles. The quantitative estimate of drug-likeness (QED) is 0.630. The highest BCUT2D eigenvalue weighted by Gasteiger charge is 2.30. The fourth-order valence-electron chi connectivity index (χ4n) is 3.12. The van der Waals surface area contributed by atoms with Crippen molar-refractivity contribution in [3.8, 4) is 0 Å². The topological polar surface area (TPSA) is 51.7 Å². The van der Waals surface area contributed by atoms with Crippen LogP contribution in [0.3, 0.4) is 0 Å². The SMILES string of the molecule is COC(=O)c1nc(C2CCCN2CC2=CCCOC2)sc1C. The van der Waals surface area contributed by atoms with Crippen molar-refractivity contribution in [2.75, 3.05) is 33.4 Å². The molecular weight excluding hydrogens is 300 g/mol. The number of hydrogen-bond acceptors (Lipinski definition) is 6. The van der Waals surface area contributed by atoms with Gasteiger partial charge in [-0.05, 0) is 38.3 Å².